The van der Waals surface area contributed by atoms with Crippen LogP contribution in [0.2, 0.25) is 0 Å². The number of nitrogens with two attached hydrogens (primary N) is 2. The molecule has 0 spiro atoms. The third kappa shape index (κ3) is 23.6. The van der Waals surface area contributed by atoms with Crippen LogP contribution in [0.25, 0.3) is 0 Å². The number of aliphatic carboxylic acids is 1. The lowest BCUT2D eigenvalue weighted by molar-refractivity contribution is -0.871. The number of carboxylic acids is 1. The first-order valence-electron chi connectivity index (χ1n) is 15.2. The molecule has 0 saturated heterocycles. The van der Waals surface area contributed by atoms with Crippen LogP contribution in [0.4, 0.5) is 0 Å². The van der Waals surface area contributed by atoms with Gasteiger partial charge in [-0.15, -0.1) is 0 Å². The Morgan fingerprint density at radius 1 is 0.667 bits per heavy atom. The molecule has 42 heavy (non-hydrogen) atoms. The second-order valence-electron chi connectivity index (χ2n) is 17.5. The summed E-state index contributed by atoms with van der Waals surface area (Å²) in [6.07, 6.45) is -3.89. The van der Waals surface area contributed by atoms with Crippen molar-refractivity contribution < 1.29 is 39.9 Å². The molecule has 1 saturated carbocycles. The van der Waals surface area contributed by atoms with Gasteiger partial charge in [-0.25, -0.2) is 0 Å². The lowest BCUT2D eigenvalue weighted by atomic mass is 9.66. The Labute approximate surface area is 258 Å². The Morgan fingerprint density at radius 2 is 1.00 bits per heavy atom. The molecule has 10 heteroatoms. The molecule has 0 heterocycles. The Balaban J connectivity index is -0.000000503. The fraction of sp³-hybridized carbons (Fsp3) is 0.969. The molecule has 0 aromatic rings. The van der Waals surface area contributed by atoms with E-state index in [1.165, 1.54) is 13.0 Å². The zero-order valence-electron chi connectivity index (χ0n) is 29.8. The van der Waals surface area contributed by atoms with Crippen molar-refractivity contribution in [1.82, 2.24) is 0 Å². The van der Waals surface area contributed by atoms with Gasteiger partial charge < -0.3 is 46.6 Å². The minimum atomic E-state index is -1.51. The second kappa shape index (κ2) is 18.2. The fourth-order valence-corrected chi connectivity index (χ4v) is 4.11. The molecule has 256 valence electrons. The van der Waals surface area contributed by atoms with Gasteiger partial charge in [0.15, 0.2) is 0 Å². The van der Waals surface area contributed by atoms with Crippen LogP contribution in [0.1, 0.15) is 102 Å². The van der Waals surface area contributed by atoms with Crippen LogP contribution >= 0.6 is 0 Å². The molecule has 10 nitrogen and oxygen atoms in total. The molecule has 0 aromatic carbocycles. The van der Waals surface area contributed by atoms with Gasteiger partial charge in [0.05, 0.1) is 39.9 Å². The summed E-state index contributed by atoms with van der Waals surface area (Å²) in [5.41, 5.74) is 11.1. The maximum absolute atomic E-state index is 10.3. The summed E-state index contributed by atoms with van der Waals surface area (Å²) in [7, 11) is 6.73. The molecule has 1 aliphatic rings. The topological polar surface area (TPSA) is 190 Å². The number of aliphatic hydroxyl groups is 5. The van der Waals surface area contributed by atoms with Crippen LogP contribution in [0, 0.1) is 27.6 Å². The Bertz CT molecular complexity index is 699. The van der Waals surface area contributed by atoms with E-state index < -0.39 is 53.9 Å². The molecule has 1 aliphatic carbocycles. The molecular weight excluding hydrogens is 538 g/mol. The van der Waals surface area contributed by atoms with Crippen molar-refractivity contribution in [3.8, 4) is 0 Å². The van der Waals surface area contributed by atoms with Crippen LogP contribution in [0.15, 0.2) is 0 Å². The molecular formula is C32H72N3O7+. The largest absolute Gasteiger partial charge is 0.480 e. The lowest BCUT2D eigenvalue weighted by Crippen LogP contribution is -2.63. The Hall–Kier alpha value is -0.850. The van der Waals surface area contributed by atoms with E-state index in [0.717, 1.165) is 17.4 Å². The van der Waals surface area contributed by atoms with E-state index in [9.17, 15) is 30.3 Å². The van der Waals surface area contributed by atoms with Crippen molar-refractivity contribution in [2.45, 2.75) is 139 Å². The molecule has 0 bridgehead atoms. The van der Waals surface area contributed by atoms with E-state index in [0.29, 0.717) is 17.3 Å². The predicted octanol–water partition coefficient (Wildman–Crippen LogP) is 2.81. The van der Waals surface area contributed by atoms with E-state index in [2.05, 4.69) is 62.7 Å². The number of carbonyl (C=O) groups is 1. The number of nitrogens with zero attached hydrogens (tertiary/aromatic N) is 1. The minimum absolute atomic E-state index is 0.00218. The van der Waals surface area contributed by atoms with Gasteiger partial charge in [0.25, 0.3) is 0 Å². The first kappa shape index (κ1) is 45.6. The summed E-state index contributed by atoms with van der Waals surface area (Å²) in [4.78, 5) is 10.3. The normalized spacial score (nSPS) is 26.0. The highest BCUT2D eigenvalue weighted by Crippen LogP contribution is 2.38. The van der Waals surface area contributed by atoms with Gasteiger partial charge in [0, 0.05) is 12.3 Å². The van der Waals surface area contributed by atoms with E-state index >= 15 is 0 Å². The van der Waals surface area contributed by atoms with Crippen molar-refractivity contribution in [2.24, 2.45) is 39.0 Å². The molecule has 5 unspecified atom stereocenters. The second-order valence-corrected chi connectivity index (χ2v) is 17.5. The maximum atomic E-state index is 10.3. The van der Waals surface area contributed by atoms with E-state index in [4.69, 9.17) is 16.6 Å². The van der Waals surface area contributed by atoms with Crippen molar-refractivity contribution in [3.05, 3.63) is 0 Å². The summed E-state index contributed by atoms with van der Waals surface area (Å²) in [5.74, 6) is -1.60. The van der Waals surface area contributed by atoms with Gasteiger partial charge in [-0.2, -0.15) is 0 Å². The standard InChI is InChI=1S/C10H20O5.C9H22N.C7H15NO2.C6H15N/c1-10(2,3)4-5(11)7(13)9(15)8(14)6(4)12;1-9(2,3)7-8-10(4,5)6;1-7(2,3)4-5(8)6(9)10;1-6(2,3)4-5-7/h4-9,11-15H,1-3H3;7-8H2,1-6H3;5H,4,8H2,1-3H3,(H,9,10);4-5,7H2,1-3H3/q;+1;;. The Morgan fingerprint density at radius 3 is 1.14 bits per heavy atom. The maximum Gasteiger partial charge on any atom is 0.320 e. The lowest BCUT2D eigenvalue weighted by Gasteiger charge is -2.47. The summed E-state index contributed by atoms with van der Waals surface area (Å²) in [5, 5.41) is 56.3. The molecule has 0 amide bonds. The first-order valence-corrected chi connectivity index (χ1v) is 15.2. The zero-order chi connectivity index (χ0) is 34.7. The zero-order valence-corrected chi connectivity index (χ0v) is 29.8. The SMILES string of the molecule is CC(C)(C)C1C(O)C(O)C(O)C(O)C1O.CC(C)(C)CC(N)C(=O)O.CC(C)(C)CCN.CC(C)(C)CC[N+](C)(C)C. The molecule has 1 rings (SSSR count). The highest BCUT2D eigenvalue weighted by atomic mass is 16.4. The van der Waals surface area contributed by atoms with Crippen molar-refractivity contribution in [3.63, 3.8) is 0 Å². The summed E-state index contributed by atoms with van der Waals surface area (Å²) in [6.45, 7) is 26.8. The van der Waals surface area contributed by atoms with Gasteiger partial charge in [-0.3, -0.25) is 4.79 Å². The van der Waals surface area contributed by atoms with Crippen molar-refractivity contribution in [2.75, 3.05) is 34.2 Å². The number of hydrogen-bond acceptors (Lipinski definition) is 8. The average molecular weight is 611 g/mol. The average Bonchev–Trinajstić information content (AvgIpc) is 2.72. The van der Waals surface area contributed by atoms with Gasteiger partial charge >= 0.3 is 5.97 Å². The van der Waals surface area contributed by atoms with Crippen LogP contribution in [0.3, 0.4) is 0 Å². The van der Waals surface area contributed by atoms with E-state index in [-0.39, 0.29) is 5.41 Å². The highest BCUT2D eigenvalue weighted by Gasteiger charge is 2.51. The van der Waals surface area contributed by atoms with Gasteiger partial charge in [0.1, 0.15) is 24.4 Å². The molecule has 0 aliphatic heterocycles. The monoisotopic (exact) mass is 611 g/mol. The van der Waals surface area contributed by atoms with Crippen molar-refractivity contribution in [1.29, 1.82) is 0 Å². The van der Waals surface area contributed by atoms with Crippen LogP contribution in [-0.4, -0.2) is 112 Å². The van der Waals surface area contributed by atoms with Gasteiger partial charge in [0.2, 0.25) is 0 Å². The number of quaternary nitrogens is 1. The predicted molar refractivity (Wildman–Crippen MR) is 173 cm³/mol. The Kier molecular flexibility index (Phi) is 19.7. The summed E-state index contributed by atoms with van der Waals surface area (Å²) >= 11 is 0. The van der Waals surface area contributed by atoms with Crippen molar-refractivity contribution >= 4 is 5.97 Å². The van der Waals surface area contributed by atoms with Crippen LogP contribution in [0.5, 0.6) is 0 Å². The van der Waals surface area contributed by atoms with Gasteiger partial charge in [-0.05, 0) is 41.0 Å². The van der Waals surface area contributed by atoms with Gasteiger partial charge in [-0.1, -0.05) is 83.1 Å². The molecule has 0 aromatic heterocycles. The number of hydrogen-bond donors (Lipinski definition) is 8. The third-order valence-electron chi connectivity index (χ3n) is 6.71. The molecule has 1 fully saturated rings. The van der Waals surface area contributed by atoms with E-state index in [1.54, 1.807) is 20.8 Å². The van der Waals surface area contributed by atoms with E-state index in [1.807, 2.05) is 20.8 Å². The number of rotatable bonds is 5. The molecule has 10 N–H and O–H groups in total. The highest BCUT2D eigenvalue weighted by molar-refractivity contribution is 5.73. The third-order valence-corrected chi connectivity index (χ3v) is 6.71. The van der Waals surface area contributed by atoms with Crippen LogP contribution < -0.4 is 11.5 Å². The fourth-order valence-electron chi connectivity index (χ4n) is 4.11. The molecule has 0 radical (unpaired) electrons. The minimum Gasteiger partial charge on any atom is -0.480 e. The number of carboxylic acid groups (broad SMARTS) is 1. The summed E-state index contributed by atoms with van der Waals surface area (Å²) in [6, 6.07) is -0.722. The quantitative estimate of drug-likeness (QED) is 0.216. The summed E-state index contributed by atoms with van der Waals surface area (Å²) < 4.78 is 1.08. The smallest absolute Gasteiger partial charge is 0.320 e. The number of aliphatic hydroxyl groups excluding tert-OH is 5. The first-order chi connectivity index (χ1) is 18.3. The molecule has 5 atom stereocenters. The van der Waals surface area contributed by atoms with Crippen LogP contribution in [-0.2, 0) is 4.79 Å².